The number of nitrogens with two attached hydrogens (primary N) is 1. The van der Waals surface area contributed by atoms with Gasteiger partial charge in [-0.2, -0.15) is 0 Å². The molecule has 1 amide bonds. The highest BCUT2D eigenvalue weighted by molar-refractivity contribution is 7.11. The first kappa shape index (κ1) is 13.4. The summed E-state index contributed by atoms with van der Waals surface area (Å²) >= 11 is 1.66. The summed E-state index contributed by atoms with van der Waals surface area (Å²) in [6, 6.07) is 9.20. The van der Waals surface area contributed by atoms with E-state index in [1.165, 1.54) is 12.0 Å². The maximum Gasteiger partial charge on any atom is 0.257 e. The first-order valence-corrected chi connectivity index (χ1v) is 6.69. The van der Waals surface area contributed by atoms with Crippen molar-refractivity contribution in [3.63, 3.8) is 0 Å². The molecular weight excluding hydrogens is 260 g/mol. The van der Waals surface area contributed by atoms with Crippen LogP contribution in [0.4, 0.5) is 5.69 Å². The topological polar surface area (TPSA) is 64.3 Å². The van der Waals surface area contributed by atoms with E-state index in [2.05, 4.69) is 5.32 Å². The van der Waals surface area contributed by atoms with Crippen LogP contribution >= 0.6 is 11.3 Å². The molecule has 2 rings (SSSR count). The van der Waals surface area contributed by atoms with Gasteiger partial charge in [0.25, 0.3) is 5.91 Å². The summed E-state index contributed by atoms with van der Waals surface area (Å²) in [7, 11) is 1.52. The van der Waals surface area contributed by atoms with Gasteiger partial charge in [-0.15, -0.1) is 11.3 Å². The van der Waals surface area contributed by atoms with Gasteiger partial charge in [-0.3, -0.25) is 4.79 Å². The fraction of sp³-hybridized carbons (Fsp3) is 0.214. The molecule has 0 fully saturated rings. The highest BCUT2D eigenvalue weighted by Gasteiger charge is 2.15. The quantitative estimate of drug-likeness (QED) is 0.844. The number of aryl methyl sites for hydroxylation is 1. The Hall–Kier alpha value is -2.01. The number of amides is 1. The zero-order valence-corrected chi connectivity index (χ0v) is 11.7. The number of anilines is 1. The number of nitrogen functional groups attached to an aromatic ring is 1. The maximum atomic E-state index is 12.2. The molecule has 19 heavy (non-hydrogen) atoms. The lowest BCUT2D eigenvalue weighted by atomic mass is 10.1. The first-order chi connectivity index (χ1) is 9.11. The Morgan fingerprint density at radius 3 is 2.79 bits per heavy atom. The maximum absolute atomic E-state index is 12.2. The molecule has 1 heterocycles. The van der Waals surface area contributed by atoms with E-state index in [4.69, 9.17) is 10.5 Å². The van der Waals surface area contributed by atoms with Gasteiger partial charge in [-0.1, -0.05) is 6.07 Å². The Morgan fingerprint density at radius 2 is 2.16 bits per heavy atom. The summed E-state index contributed by atoms with van der Waals surface area (Å²) in [5.74, 6) is 0.265. The SMILES string of the molecule is COc1cccc(N)c1C(=O)NCc1ccc(C)s1. The number of carbonyl (C=O) groups excluding carboxylic acids is 1. The van der Waals surface area contributed by atoms with Crippen molar-refractivity contribution in [3.8, 4) is 5.75 Å². The van der Waals surface area contributed by atoms with Crippen molar-refractivity contribution in [3.05, 3.63) is 45.6 Å². The molecule has 4 nitrogen and oxygen atoms in total. The summed E-state index contributed by atoms with van der Waals surface area (Å²) in [6.07, 6.45) is 0. The number of thiophene rings is 1. The van der Waals surface area contributed by atoms with E-state index >= 15 is 0 Å². The predicted molar refractivity (Wildman–Crippen MR) is 77.6 cm³/mol. The van der Waals surface area contributed by atoms with Crippen LogP contribution in [0.3, 0.4) is 0 Å². The number of benzene rings is 1. The first-order valence-electron chi connectivity index (χ1n) is 5.88. The Morgan fingerprint density at radius 1 is 1.37 bits per heavy atom. The molecule has 2 aromatic rings. The van der Waals surface area contributed by atoms with E-state index in [1.807, 2.05) is 19.1 Å². The van der Waals surface area contributed by atoms with Crippen molar-refractivity contribution < 1.29 is 9.53 Å². The van der Waals surface area contributed by atoms with E-state index in [9.17, 15) is 4.79 Å². The third-order valence-electron chi connectivity index (χ3n) is 2.72. The van der Waals surface area contributed by atoms with Gasteiger partial charge in [-0.05, 0) is 31.2 Å². The van der Waals surface area contributed by atoms with Crippen LogP contribution in [0.25, 0.3) is 0 Å². The van der Waals surface area contributed by atoms with Crippen LogP contribution in [0, 0.1) is 6.92 Å². The average Bonchev–Trinajstić information content (AvgIpc) is 2.81. The number of hydrogen-bond acceptors (Lipinski definition) is 4. The number of methoxy groups -OCH3 is 1. The second-order valence-electron chi connectivity index (χ2n) is 4.12. The molecule has 0 unspecified atom stereocenters. The highest BCUT2D eigenvalue weighted by Crippen LogP contribution is 2.24. The third kappa shape index (κ3) is 3.06. The monoisotopic (exact) mass is 276 g/mol. The van der Waals surface area contributed by atoms with Crippen LogP contribution in [0.2, 0.25) is 0 Å². The molecule has 0 bridgehead atoms. The minimum atomic E-state index is -0.221. The summed E-state index contributed by atoms with van der Waals surface area (Å²) in [6.45, 7) is 2.53. The van der Waals surface area contributed by atoms with Gasteiger partial charge in [0.2, 0.25) is 0 Å². The molecule has 100 valence electrons. The summed E-state index contributed by atoms with van der Waals surface area (Å²) in [4.78, 5) is 14.5. The van der Waals surface area contributed by atoms with Crippen molar-refractivity contribution >= 4 is 22.9 Å². The molecule has 0 saturated heterocycles. The van der Waals surface area contributed by atoms with Gasteiger partial charge in [0.05, 0.1) is 13.7 Å². The smallest absolute Gasteiger partial charge is 0.257 e. The zero-order valence-electron chi connectivity index (χ0n) is 10.9. The fourth-order valence-corrected chi connectivity index (χ4v) is 2.63. The van der Waals surface area contributed by atoms with Gasteiger partial charge < -0.3 is 15.8 Å². The van der Waals surface area contributed by atoms with E-state index < -0.39 is 0 Å². The van der Waals surface area contributed by atoms with Gasteiger partial charge in [0, 0.05) is 15.4 Å². The average molecular weight is 276 g/mol. The number of nitrogens with one attached hydrogen (secondary N) is 1. The van der Waals surface area contributed by atoms with Gasteiger partial charge in [-0.25, -0.2) is 0 Å². The molecule has 3 N–H and O–H groups in total. The second-order valence-corrected chi connectivity index (χ2v) is 5.49. The molecule has 5 heteroatoms. The van der Waals surface area contributed by atoms with Crippen LogP contribution < -0.4 is 15.8 Å². The molecule has 0 atom stereocenters. The van der Waals surface area contributed by atoms with Crippen LogP contribution in [0.15, 0.2) is 30.3 Å². The van der Waals surface area contributed by atoms with Crippen molar-refractivity contribution in [2.24, 2.45) is 0 Å². The van der Waals surface area contributed by atoms with Gasteiger partial charge >= 0.3 is 0 Å². The molecule has 0 aliphatic rings. The molecule has 0 saturated carbocycles. The van der Waals surface area contributed by atoms with Crippen LogP contribution in [-0.4, -0.2) is 13.0 Å². The molecule has 0 aliphatic carbocycles. The van der Waals surface area contributed by atoms with E-state index in [-0.39, 0.29) is 5.91 Å². The second kappa shape index (κ2) is 5.75. The molecular formula is C14H16N2O2S. The van der Waals surface area contributed by atoms with Crippen molar-refractivity contribution in [1.82, 2.24) is 5.32 Å². The number of ether oxygens (including phenoxy) is 1. The van der Waals surface area contributed by atoms with Crippen molar-refractivity contribution in [2.45, 2.75) is 13.5 Å². The van der Waals surface area contributed by atoms with Crippen molar-refractivity contribution in [1.29, 1.82) is 0 Å². The number of rotatable bonds is 4. The molecule has 0 radical (unpaired) electrons. The molecule has 0 spiro atoms. The third-order valence-corrected chi connectivity index (χ3v) is 3.73. The lowest BCUT2D eigenvalue weighted by Crippen LogP contribution is -2.24. The largest absolute Gasteiger partial charge is 0.496 e. The Balaban J connectivity index is 2.12. The minimum Gasteiger partial charge on any atom is -0.496 e. The van der Waals surface area contributed by atoms with E-state index in [0.29, 0.717) is 23.5 Å². The Bertz CT molecular complexity index is 593. The van der Waals surface area contributed by atoms with Crippen LogP contribution in [-0.2, 0) is 6.54 Å². The minimum absolute atomic E-state index is 0.221. The number of carbonyl (C=O) groups is 1. The van der Waals surface area contributed by atoms with Crippen LogP contribution in [0.1, 0.15) is 20.1 Å². The Labute approximate surface area is 116 Å². The normalized spacial score (nSPS) is 10.2. The summed E-state index contributed by atoms with van der Waals surface area (Å²) in [5, 5.41) is 2.86. The van der Waals surface area contributed by atoms with Gasteiger partial charge in [0.15, 0.2) is 0 Å². The lowest BCUT2D eigenvalue weighted by molar-refractivity contribution is 0.0949. The summed E-state index contributed by atoms with van der Waals surface area (Å²) in [5.41, 5.74) is 6.64. The lowest BCUT2D eigenvalue weighted by Gasteiger charge is -2.11. The number of hydrogen-bond donors (Lipinski definition) is 2. The van der Waals surface area contributed by atoms with Crippen molar-refractivity contribution in [2.75, 3.05) is 12.8 Å². The summed E-state index contributed by atoms with van der Waals surface area (Å²) < 4.78 is 5.17. The zero-order chi connectivity index (χ0) is 13.8. The van der Waals surface area contributed by atoms with Crippen LogP contribution in [0.5, 0.6) is 5.75 Å². The van der Waals surface area contributed by atoms with E-state index in [0.717, 1.165) is 4.88 Å². The fourth-order valence-electron chi connectivity index (χ4n) is 1.80. The Kier molecular flexibility index (Phi) is 4.06. The molecule has 0 aliphatic heterocycles. The molecule has 1 aromatic carbocycles. The van der Waals surface area contributed by atoms with E-state index in [1.54, 1.807) is 29.5 Å². The van der Waals surface area contributed by atoms with Gasteiger partial charge in [0.1, 0.15) is 11.3 Å². The standard InChI is InChI=1S/C14H16N2O2S/c1-9-6-7-10(19-9)8-16-14(17)13-11(15)4-3-5-12(13)18-2/h3-7H,8,15H2,1-2H3,(H,16,17). The predicted octanol–water partition coefficient (Wildman–Crippen LogP) is 2.58. The highest BCUT2D eigenvalue weighted by atomic mass is 32.1. The molecule has 1 aromatic heterocycles.